The summed E-state index contributed by atoms with van der Waals surface area (Å²) in [5.41, 5.74) is 5.54. The van der Waals surface area contributed by atoms with Gasteiger partial charge in [0.05, 0.1) is 10.9 Å². The summed E-state index contributed by atoms with van der Waals surface area (Å²) in [7, 11) is -3.79. The molecule has 154 valence electrons. The molecule has 1 heterocycles. The molecule has 3 aromatic rings. The molecule has 4 rings (SSSR count). The van der Waals surface area contributed by atoms with Crippen LogP contribution in [0.25, 0.3) is 0 Å². The zero-order valence-electron chi connectivity index (χ0n) is 17.0. The second kappa shape index (κ2) is 8.05. The Morgan fingerprint density at radius 2 is 1.63 bits per heavy atom. The molecule has 0 aromatic heterocycles. The SMILES string of the molecule is Cc1ccc(C(NS(=O)(=O)c2ccc3c(c2)CCC(=O)N3)c2ccccc2)cc1C. The van der Waals surface area contributed by atoms with Crippen LogP contribution in [-0.4, -0.2) is 14.3 Å². The van der Waals surface area contributed by atoms with Crippen LogP contribution in [-0.2, 0) is 21.2 Å². The Hall–Kier alpha value is -2.96. The summed E-state index contributed by atoms with van der Waals surface area (Å²) in [4.78, 5) is 11.8. The van der Waals surface area contributed by atoms with E-state index in [0.717, 1.165) is 27.8 Å². The van der Waals surface area contributed by atoms with E-state index in [0.29, 0.717) is 18.5 Å². The van der Waals surface area contributed by atoms with Crippen LogP contribution in [0.1, 0.15) is 40.3 Å². The van der Waals surface area contributed by atoms with Crippen LogP contribution in [0.15, 0.2) is 71.6 Å². The van der Waals surface area contributed by atoms with Gasteiger partial charge < -0.3 is 5.32 Å². The molecule has 1 amide bonds. The van der Waals surface area contributed by atoms with E-state index in [1.165, 1.54) is 6.07 Å². The molecule has 3 aromatic carbocycles. The summed E-state index contributed by atoms with van der Waals surface area (Å²) in [6.45, 7) is 4.06. The van der Waals surface area contributed by atoms with E-state index in [4.69, 9.17) is 0 Å². The number of carbonyl (C=O) groups is 1. The maximum Gasteiger partial charge on any atom is 0.241 e. The predicted octanol–water partition coefficient (Wildman–Crippen LogP) is 4.26. The second-order valence-electron chi connectivity index (χ2n) is 7.68. The zero-order chi connectivity index (χ0) is 21.3. The first-order valence-electron chi connectivity index (χ1n) is 9.91. The van der Waals surface area contributed by atoms with Gasteiger partial charge in [0, 0.05) is 12.1 Å². The average Bonchev–Trinajstić information content (AvgIpc) is 2.74. The van der Waals surface area contributed by atoms with Crippen LogP contribution in [0.3, 0.4) is 0 Å². The van der Waals surface area contributed by atoms with Crippen molar-refractivity contribution in [2.45, 2.75) is 37.6 Å². The maximum atomic E-state index is 13.3. The lowest BCUT2D eigenvalue weighted by atomic mass is 9.96. The first-order valence-corrected chi connectivity index (χ1v) is 11.4. The van der Waals surface area contributed by atoms with Gasteiger partial charge in [0.25, 0.3) is 0 Å². The number of hydrogen-bond donors (Lipinski definition) is 2. The van der Waals surface area contributed by atoms with E-state index in [1.807, 2.05) is 62.4 Å². The number of aryl methyl sites for hydroxylation is 3. The normalized spacial score (nSPS) is 14.7. The van der Waals surface area contributed by atoms with Crippen molar-refractivity contribution in [2.24, 2.45) is 0 Å². The molecule has 0 spiro atoms. The van der Waals surface area contributed by atoms with Crippen molar-refractivity contribution in [3.8, 4) is 0 Å². The van der Waals surface area contributed by atoms with E-state index < -0.39 is 16.1 Å². The lowest BCUT2D eigenvalue weighted by molar-refractivity contribution is -0.116. The summed E-state index contributed by atoms with van der Waals surface area (Å²) in [6.07, 6.45) is 0.892. The van der Waals surface area contributed by atoms with Crippen molar-refractivity contribution in [1.29, 1.82) is 0 Å². The molecule has 1 atom stereocenters. The molecule has 0 radical (unpaired) electrons. The minimum absolute atomic E-state index is 0.0462. The number of fused-ring (bicyclic) bond motifs is 1. The number of sulfonamides is 1. The van der Waals surface area contributed by atoms with Gasteiger partial charge in [-0.3, -0.25) is 4.79 Å². The highest BCUT2D eigenvalue weighted by molar-refractivity contribution is 7.89. The Morgan fingerprint density at radius 1 is 0.867 bits per heavy atom. The molecule has 30 heavy (non-hydrogen) atoms. The van der Waals surface area contributed by atoms with Crippen LogP contribution < -0.4 is 10.0 Å². The number of hydrogen-bond acceptors (Lipinski definition) is 3. The highest BCUT2D eigenvalue weighted by atomic mass is 32.2. The molecule has 1 unspecified atom stereocenters. The van der Waals surface area contributed by atoms with Gasteiger partial charge in [-0.25, -0.2) is 8.42 Å². The Morgan fingerprint density at radius 3 is 2.37 bits per heavy atom. The zero-order valence-corrected chi connectivity index (χ0v) is 17.8. The third kappa shape index (κ3) is 4.15. The topological polar surface area (TPSA) is 75.3 Å². The minimum Gasteiger partial charge on any atom is -0.326 e. The lowest BCUT2D eigenvalue weighted by Crippen LogP contribution is -2.30. The fourth-order valence-corrected chi connectivity index (χ4v) is 4.93. The van der Waals surface area contributed by atoms with E-state index in [9.17, 15) is 13.2 Å². The molecular formula is C24H24N2O3S. The van der Waals surface area contributed by atoms with Crippen molar-refractivity contribution in [3.05, 3.63) is 94.5 Å². The largest absolute Gasteiger partial charge is 0.326 e. The molecule has 1 aliphatic heterocycles. The predicted molar refractivity (Wildman–Crippen MR) is 118 cm³/mol. The smallest absolute Gasteiger partial charge is 0.241 e. The van der Waals surface area contributed by atoms with Crippen LogP contribution in [0.4, 0.5) is 5.69 Å². The summed E-state index contributed by atoms with van der Waals surface area (Å²) in [6, 6.07) is 19.9. The molecule has 5 nitrogen and oxygen atoms in total. The molecule has 6 heteroatoms. The highest BCUT2D eigenvalue weighted by Gasteiger charge is 2.25. The Bertz CT molecular complexity index is 1200. The van der Waals surface area contributed by atoms with Gasteiger partial charge in [-0.1, -0.05) is 48.5 Å². The van der Waals surface area contributed by atoms with Crippen molar-refractivity contribution < 1.29 is 13.2 Å². The molecule has 0 bridgehead atoms. The van der Waals surface area contributed by atoms with Crippen LogP contribution in [0.5, 0.6) is 0 Å². The van der Waals surface area contributed by atoms with E-state index >= 15 is 0 Å². The molecule has 2 N–H and O–H groups in total. The Kier molecular flexibility index (Phi) is 5.45. The van der Waals surface area contributed by atoms with Crippen LogP contribution in [0, 0.1) is 13.8 Å². The second-order valence-corrected chi connectivity index (χ2v) is 9.39. The number of nitrogens with one attached hydrogen (secondary N) is 2. The van der Waals surface area contributed by atoms with Gasteiger partial charge in [-0.15, -0.1) is 0 Å². The minimum atomic E-state index is -3.79. The molecule has 0 saturated carbocycles. The quantitative estimate of drug-likeness (QED) is 0.648. The van der Waals surface area contributed by atoms with Crippen molar-refractivity contribution in [3.63, 3.8) is 0 Å². The van der Waals surface area contributed by atoms with Gasteiger partial charge in [0.2, 0.25) is 15.9 Å². The number of amides is 1. The summed E-state index contributed by atoms with van der Waals surface area (Å²) in [5, 5.41) is 2.79. The molecule has 0 aliphatic carbocycles. The summed E-state index contributed by atoms with van der Waals surface area (Å²) in [5.74, 6) is -0.0462. The standard InChI is InChI=1S/C24H24N2O3S/c1-16-8-9-20(14-17(16)2)24(18-6-4-3-5-7-18)26-30(28,29)21-11-12-22-19(15-21)10-13-23(27)25-22/h3-9,11-12,14-15,24,26H,10,13H2,1-2H3,(H,25,27). The summed E-state index contributed by atoms with van der Waals surface area (Å²) >= 11 is 0. The molecule has 1 aliphatic rings. The molecule has 0 fully saturated rings. The van der Waals surface area contributed by atoms with Gasteiger partial charge in [0.1, 0.15) is 0 Å². The number of benzene rings is 3. The van der Waals surface area contributed by atoms with Gasteiger partial charge in [-0.05, 0) is 66.3 Å². The maximum absolute atomic E-state index is 13.3. The molecular weight excluding hydrogens is 396 g/mol. The first kappa shape index (κ1) is 20.3. The van der Waals surface area contributed by atoms with E-state index in [1.54, 1.807) is 12.1 Å². The van der Waals surface area contributed by atoms with Gasteiger partial charge in [-0.2, -0.15) is 4.72 Å². The Balaban J connectivity index is 1.72. The van der Waals surface area contributed by atoms with Gasteiger partial charge in [0.15, 0.2) is 0 Å². The number of carbonyl (C=O) groups excluding carboxylic acids is 1. The van der Waals surface area contributed by atoms with E-state index in [-0.39, 0.29) is 10.8 Å². The van der Waals surface area contributed by atoms with Gasteiger partial charge >= 0.3 is 0 Å². The van der Waals surface area contributed by atoms with Crippen molar-refractivity contribution >= 4 is 21.6 Å². The molecule has 0 saturated heterocycles. The highest BCUT2D eigenvalue weighted by Crippen LogP contribution is 2.29. The number of rotatable bonds is 5. The number of anilines is 1. The third-order valence-corrected chi connectivity index (χ3v) is 6.97. The fourth-order valence-electron chi connectivity index (χ4n) is 3.67. The monoisotopic (exact) mass is 420 g/mol. The first-order chi connectivity index (χ1) is 14.3. The van der Waals surface area contributed by atoms with Crippen molar-refractivity contribution in [1.82, 2.24) is 4.72 Å². The van der Waals surface area contributed by atoms with Crippen LogP contribution in [0.2, 0.25) is 0 Å². The Labute approximate surface area is 177 Å². The van der Waals surface area contributed by atoms with Crippen molar-refractivity contribution in [2.75, 3.05) is 5.32 Å². The van der Waals surface area contributed by atoms with E-state index in [2.05, 4.69) is 10.0 Å². The van der Waals surface area contributed by atoms with Crippen LogP contribution >= 0.6 is 0 Å². The third-order valence-electron chi connectivity index (χ3n) is 5.55. The fraction of sp³-hybridized carbons (Fsp3) is 0.208. The summed E-state index contributed by atoms with van der Waals surface area (Å²) < 4.78 is 29.5. The average molecular weight is 421 g/mol. The lowest BCUT2D eigenvalue weighted by Gasteiger charge is -2.22.